The van der Waals surface area contributed by atoms with E-state index in [1.807, 2.05) is 10.3 Å². The number of aromatic amines is 2. The molecule has 1 aromatic carbocycles. The molecule has 1 amide bonds. The summed E-state index contributed by atoms with van der Waals surface area (Å²) >= 11 is 0. The molecule has 0 radical (unpaired) electrons. The van der Waals surface area contributed by atoms with Crippen molar-refractivity contribution in [3.8, 4) is 0 Å². The third-order valence-corrected chi connectivity index (χ3v) is 4.14. The molecule has 0 saturated carbocycles. The molecule has 4 N–H and O–H groups in total. The monoisotopic (exact) mass is 334 g/mol. The van der Waals surface area contributed by atoms with Crippen LogP contribution in [0.15, 0.2) is 46.5 Å². The zero-order chi connectivity index (χ0) is 16.4. The number of hydrogen-bond donors (Lipinski definition) is 4. The predicted octanol–water partition coefficient (Wildman–Crippen LogP) is -0.731. The molecule has 0 bridgehead atoms. The van der Waals surface area contributed by atoms with E-state index >= 15 is 0 Å². The molecule has 0 unspecified atom stereocenters. The van der Waals surface area contributed by atoms with Crippen LogP contribution in [0.1, 0.15) is 10.5 Å². The van der Waals surface area contributed by atoms with Gasteiger partial charge in [-0.3, -0.25) is 15.2 Å². The molecular formula is C12H10N6O4S. The van der Waals surface area contributed by atoms with Crippen molar-refractivity contribution in [1.82, 2.24) is 30.2 Å². The van der Waals surface area contributed by atoms with Crippen molar-refractivity contribution in [3.63, 3.8) is 0 Å². The van der Waals surface area contributed by atoms with Gasteiger partial charge in [0.2, 0.25) is 0 Å². The van der Waals surface area contributed by atoms with Crippen LogP contribution in [0.4, 0.5) is 0 Å². The summed E-state index contributed by atoms with van der Waals surface area (Å²) in [4.78, 5) is 37.1. The van der Waals surface area contributed by atoms with Crippen molar-refractivity contribution in [1.29, 1.82) is 0 Å². The molecule has 3 aromatic rings. The Labute approximate surface area is 129 Å². The minimum atomic E-state index is -4.01. The number of hydrazine groups is 1. The van der Waals surface area contributed by atoms with Gasteiger partial charge in [0, 0.05) is 12.4 Å². The summed E-state index contributed by atoms with van der Waals surface area (Å²) < 4.78 is 24.3. The Balaban J connectivity index is 1.80. The number of carbonyl (C=O) groups is 1. The van der Waals surface area contributed by atoms with Gasteiger partial charge >= 0.3 is 5.69 Å². The lowest BCUT2D eigenvalue weighted by Gasteiger charge is -2.07. The van der Waals surface area contributed by atoms with Crippen LogP contribution in [0.3, 0.4) is 0 Å². The molecule has 10 nitrogen and oxygen atoms in total. The smallest absolute Gasteiger partial charge is 0.306 e. The van der Waals surface area contributed by atoms with Crippen molar-refractivity contribution in [2.45, 2.75) is 4.90 Å². The maximum Gasteiger partial charge on any atom is 0.323 e. The Kier molecular flexibility index (Phi) is 3.64. The molecule has 11 heteroatoms. The molecular weight excluding hydrogens is 324 g/mol. The van der Waals surface area contributed by atoms with Gasteiger partial charge in [-0.2, -0.15) is 0 Å². The van der Waals surface area contributed by atoms with Gasteiger partial charge < -0.3 is 9.97 Å². The van der Waals surface area contributed by atoms with Gasteiger partial charge in [-0.05, 0) is 18.2 Å². The highest BCUT2D eigenvalue weighted by molar-refractivity contribution is 7.89. The topological polar surface area (TPSA) is 150 Å². The largest absolute Gasteiger partial charge is 0.323 e. The number of nitrogens with zero attached hydrogens (tertiary/aromatic N) is 2. The van der Waals surface area contributed by atoms with E-state index in [0.717, 1.165) is 0 Å². The first-order valence-electron chi connectivity index (χ1n) is 6.26. The maximum absolute atomic E-state index is 12.2. The number of hydrogen-bond acceptors (Lipinski definition) is 6. The lowest BCUT2D eigenvalue weighted by atomic mass is 10.3. The van der Waals surface area contributed by atoms with Gasteiger partial charge in [0.15, 0.2) is 0 Å². The SMILES string of the molecule is O=C(NNS(=O)(=O)c1ccc2[nH]c(=O)[nH]c2c1)c1cnccn1. The number of carbonyl (C=O) groups excluding carboxylic acids is 1. The van der Waals surface area contributed by atoms with Gasteiger partial charge in [-0.15, -0.1) is 4.83 Å². The first kappa shape index (κ1) is 14.9. The number of aromatic nitrogens is 4. The summed E-state index contributed by atoms with van der Waals surface area (Å²) in [6.45, 7) is 0. The van der Waals surface area contributed by atoms with E-state index in [1.54, 1.807) is 0 Å². The van der Waals surface area contributed by atoms with Crippen LogP contribution in [0.2, 0.25) is 0 Å². The number of sulfonamides is 1. The normalized spacial score (nSPS) is 11.5. The molecule has 0 saturated heterocycles. The molecule has 0 atom stereocenters. The summed E-state index contributed by atoms with van der Waals surface area (Å²) in [5, 5.41) is 0. The molecule has 2 heterocycles. The molecule has 0 aliphatic rings. The van der Waals surface area contributed by atoms with Crippen molar-refractivity contribution < 1.29 is 13.2 Å². The number of H-pyrrole nitrogens is 2. The van der Waals surface area contributed by atoms with E-state index in [2.05, 4.69) is 19.9 Å². The average molecular weight is 334 g/mol. The second-order valence-corrected chi connectivity index (χ2v) is 6.12. The van der Waals surface area contributed by atoms with Crippen LogP contribution in [-0.2, 0) is 10.0 Å². The van der Waals surface area contributed by atoms with Gasteiger partial charge in [-0.25, -0.2) is 18.2 Å². The first-order chi connectivity index (χ1) is 11.0. The lowest BCUT2D eigenvalue weighted by molar-refractivity contribution is 0.0939. The Bertz CT molecular complexity index is 1020. The Morgan fingerprint density at radius 1 is 1.13 bits per heavy atom. The van der Waals surface area contributed by atoms with Crippen LogP contribution in [-0.4, -0.2) is 34.3 Å². The van der Waals surface area contributed by atoms with Gasteiger partial charge in [0.25, 0.3) is 15.9 Å². The molecule has 0 fully saturated rings. The number of nitrogens with one attached hydrogen (secondary N) is 4. The number of benzene rings is 1. The quantitative estimate of drug-likeness (QED) is 0.462. The van der Waals surface area contributed by atoms with Crippen molar-refractivity contribution in [2.24, 2.45) is 0 Å². The van der Waals surface area contributed by atoms with E-state index < -0.39 is 21.6 Å². The molecule has 2 aromatic heterocycles. The maximum atomic E-state index is 12.2. The van der Waals surface area contributed by atoms with Gasteiger partial charge in [0.05, 0.1) is 22.1 Å². The lowest BCUT2D eigenvalue weighted by Crippen LogP contribution is -2.41. The fourth-order valence-corrected chi connectivity index (χ4v) is 2.70. The summed E-state index contributed by atoms with van der Waals surface area (Å²) in [6, 6.07) is 4.00. The van der Waals surface area contributed by atoms with E-state index in [0.29, 0.717) is 11.0 Å². The van der Waals surface area contributed by atoms with Crippen LogP contribution in [0.5, 0.6) is 0 Å². The van der Waals surface area contributed by atoms with E-state index in [9.17, 15) is 18.0 Å². The molecule has 23 heavy (non-hydrogen) atoms. The number of amides is 1. The molecule has 3 rings (SSSR count). The average Bonchev–Trinajstić information content (AvgIpc) is 2.92. The second kappa shape index (κ2) is 5.62. The highest BCUT2D eigenvalue weighted by atomic mass is 32.2. The van der Waals surface area contributed by atoms with Crippen molar-refractivity contribution >= 4 is 27.0 Å². The van der Waals surface area contributed by atoms with E-state index in [-0.39, 0.29) is 10.6 Å². The van der Waals surface area contributed by atoms with Crippen molar-refractivity contribution in [2.75, 3.05) is 0 Å². The second-order valence-electron chi connectivity index (χ2n) is 4.44. The number of imidazole rings is 1. The van der Waals surface area contributed by atoms with Crippen LogP contribution >= 0.6 is 0 Å². The fourth-order valence-electron chi connectivity index (χ4n) is 1.83. The zero-order valence-electron chi connectivity index (χ0n) is 11.4. The highest BCUT2D eigenvalue weighted by Crippen LogP contribution is 2.14. The van der Waals surface area contributed by atoms with Crippen molar-refractivity contribution in [3.05, 3.63) is 53.0 Å². The summed E-state index contributed by atoms with van der Waals surface area (Å²) in [5.74, 6) is -0.752. The summed E-state index contributed by atoms with van der Waals surface area (Å²) in [7, 11) is -4.01. The molecule has 0 aliphatic heterocycles. The number of fused-ring (bicyclic) bond motifs is 1. The fraction of sp³-hybridized carbons (Fsp3) is 0. The Morgan fingerprint density at radius 3 is 2.65 bits per heavy atom. The standard InChI is InChI=1S/C12H10N6O4S/c19-11(10-6-13-3-4-14-10)17-18-23(21,22)7-1-2-8-9(5-7)16-12(20)15-8/h1-6,18H,(H,17,19)(H2,15,16,20). The molecule has 0 aliphatic carbocycles. The van der Waals surface area contributed by atoms with Crippen LogP contribution in [0.25, 0.3) is 11.0 Å². The summed E-state index contributed by atoms with van der Waals surface area (Å²) in [6.07, 6.45) is 3.88. The third-order valence-electron chi connectivity index (χ3n) is 2.89. The molecule has 118 valence electrons. The molecule has 0 spiro atoms. The number of rotatable bonds is 4. The Hall–Kier alpha value is -3.05. The minimum Gasteiger partial charge on any atom is -0.306 e. The summed E-state index contributed by atoms with van der Waals surface area (Å²) in [5.41, 5.74) is 2.35. The van der Waals surface area contributed by atoms with Gasteiger partial charge in [0.1, 0.15) is 5.69 Å². The van der Waals surface area contributed by atoms with E-state index in [1.165, 1.54) is 36.8 Å². The minimum absolute atomic E-state index is 0.0411. The first-order valence-corrected chi connectivity index (χ1v) is 7.74. The highest BCUT2D eigenvalue weighted by Gasteiger charge is 2.17. The third kappa shape index (κ3) is 3.09. The van der Waals surface area contributed by atoms with E-state index in [4.69, 9.17) is 0 Å². The van der Waals surface area contributed by atoms with Crippen LogP contribution < -0.4 is 15.9 Å². The predicted molar refractivity (Wildman–Crippen MR) is 78.7 cm³/mol. The zero-order valence-corrected chi connectivity index (χ0v) is 12.2. The van der Waals surface area contributed by atoms with Crippen LogP contribution in [0, 0.1) is 0 Å². The Morgan fingerprint density at radius 2 is 1.91 bits per heavy atom. The van der Waals surface area contributed by atoms with Gasteiger partial charge in [-0.1, -0.05) is 0 Å².